The van der Waals surface area contributed by atoms with E-state index in [1.165, 1.54) is 19.4 Å². The number of rotatable bonds is 6. The number of aromatic nitrogens is 1. The minimum atomic E-state index is -0.603. The van der Waals surface area contributed by atoms with E-state index in [1.54, 1.807) is 25.3 Å². The van der Waals surface area contributed by atoms with E-state index in [0.717, 1.165) is 27.3 Å². The van der Waals surface area contributed by atoms with E-state index in [0.29, 0.717) is 5.69 Å². The number of carbonyl (C=O) groups excluding carboxylic acids is 1. The standard InChI is InChI=1S/C22H19N3O4S/c1-28-18-13-7-6-9-16(18)10-8-14-23-25-20(26)15-19(21(27)29-2)30-22(25)24-17-11-4-3-5-12-17/h3-15H,1-2H3/b10-8+,23-14+,24-22?. The van der Waals surface area contributed by atoms with Crippen LogP contribution in [0.3, 0.4) is 0 Å². The number of para-hydroxylation sites is 2. The van der Waals surface area contributed by atoms with Crippen molar-refractivity contribution >= 4 is 35.3 Å². The van der Waals surface area contributed by atoms with E-state index in [1.807, 2.05) is 48.5 Å². The van der Waals surface area contributed by atoms with Crippen molar-refractivity contribution in [3.05, 3.63) is 92.3 Å². The van der Waals surface area contributed by atoms with E-state index in [9.17, 15) is 9.59 Å². The van der Waals surface area contributed by atoms with E-state index >= 15 is 0 Å². The molecule has 0 aliphatic carbocycles. The van der Waals surface area contributed by atoms with Crippen LogP contribution in [-0.2, 0) is 4.74 Å². The van der Waals surface area contributed by atoms with Gasteiger partial charge in [-0.1, -0.05) is 47.7 Å². The summed E-state index contributed by atoms with van der Waals surface area (Å²) < 4.78 is 11.2. The minimum Gasteiger partial charge on any atom is -0.496 e. The van der Waals surface area contributed by atoms with Gasteiger partial charge in [-0.3, -0.25) is 4.79 Å². The highest BCUT2D eigenvalue weighted by Gasteiger charge is 2.11. The number of nitrogens with zero attached hydrogens (tertiary/aromatic N) is 3. The molecule has 0 aliphatic heterocycles. The average Bonchev–Trinajstić information content (AvgIpc) is 2.78. The third-order valence-corrected chi connectivity index (χ3v) is 4.85. The summed E-state index contributed by atoms with van der Waals surface area (Å²) in [5.74, 6) is 0.123. The lowest BCUT2D eigenvalue weighted by Gasteiger charge is -2.03. The largest absolute Gasteiger partial charge is 0.496 e. The Balaban J connectivity index is 2.02. The number of allylic oxidation sites excluding steroid dienone is 1. The molecule has 0 radical (unpaired) electrons. The van der Waals surface area contributed by atoms with Gasteiger partial charge in [-0.05, 0) is 30.4 Å². The molecule has 2 aromatic carbocycles. The van der Waals surface area contributed by atoms with Crippen LogP contribution >= 0.6 is 11.3 Å². The van der Waals surface area contributed by atoms with Gasteiger partial charge in [0.2, 0.25) is 4.80 Å². The first-order valence-electron chi connectivity index (χ1n) is 8.91. The van der Waals surface area contributed by atoms with Crippen LogP contribution in [0.5, 0.6) is 5.75 Å². The van der Waals surface area contributed by atoms with Crippen LogP contribution in [0, 0.1) is 0 Å². The molecule has 3 aromatic rings. The van der Waals surface area contributed by atoms with E-state index < -0.39 is 11.5 Å². The molecule has 30 heavy (non-hydrogen) atoms. The van der Waals surface area contributed by atoms with Gasteiger partial charge in [0.25, 0.3) is 5.56 Å². The number of hydrogen-bond acceptors (Lipinski definition) is 7. The Morgan fingerprint density at radius 1 is 1.07 bits per heavy atom. The minimum absolute atomic E-state index is 0.146. The molecule has 7 nitrogen and oxygen atoms in total. The summed E-state index contributed by atoms with van der Waals surface area (Å²) in [6, 6.07) is 17.8. The van der Waals surface area contributed by atoms with Crippen molar-refractivity contribution in [1.82, 2.24) is 4.68 Å². The lowest BCUT2D eigenvalue weighted by atomic mass is 10.2. The second-order valence-electron chi connectivity index (χ2n) is 5.85. The Morgan fingerprint density at radius 3 is 2.53 bits per heavy atom. The third kappa shape index (κ3) is 5.18. The Kier molecular flexibility index (Phi) is 7.07. The zero-order valence-corrected chi connectivity index (χ0v) is 17.2. The summed E-state index contributed by atoms with van der Waals surface area (Å²) in [5, 5.41) is 4.21. The van der Waals surface area contributed by atoms with Crippen LogP contribution in [-0.4, -0.2) is 31.1 Å². The Labute approximate surface area is 176 Å². The van der Waals surface area contributed by atoms with Crippen molar-refractivity contribution in [3.8, 4) is 5.75 Å². The number of benzene rings is 2. The summed E-state index contributed by atoms with van der Waals surface area (Å²) in [4.78, 5) is 29.3. The fourth-order valence-electron chi connectivity index (χ4n) is 2.49. The van der Waals surface area contributed by atoms with Crippen LogP contribution in [0.2, 0.25) is 0 Å². The molecule has 1 heterocycles. The molecule has 8 heteroatoms. The maximum absolute atomic E-state index is 12.6. The molecule has 0 bridgehead atoms. The average molecular weight is 421 g/mol. The molecule has 3 rings (SSSR count). The molecule has 0 unspecified atom stereocenters. The highest BCUT2D eigenvalue weighted by molar-refractivity contribution is 7.11. The van der Waals surface area contributed by atoms with Gasteiger partial charge in [0.15, 0.2) is 0 Å². The maximum Gasteiger partial charge on any atom is 0.348 e. The molecule has 0 spiro atoms. The molecular formula is C22H19N3O4S. The van der Waals surface area contributed by atoms with Gasteiger partial charge in [0.1, 0.15) is 10.6 Å². The zero-order valence-electron chi connectivity index (χ0n) is 16.4. The van der Waals surface area contributed by atoms with E-state index in [2.05, 4.69) is 10.1 Å². The van der Waals surface area contributed by atoms with Crippen molar-refractivity contribution in [2.75, 3.05) is 14.2 Å². The maximum atomic E-state index is 12.6. The van der Waals surface area contributed by atoms with Crippen LogP contribution < -0.4 is 15.1 Å². The number of methoxy groups -OCH3 is 2. The SMILES string of the molecule is COC(=O)c1cc(=O)n(/N=C/C=C/c2ccccc2OC)c(=Nc2ccccc2)s1. The molecule has 1 aromatic heterocycles. The van der Waals surface area contributed by atoms with Gasteiger partial charge in [0.05, 0.1) is 19.9 Å². The van der Waals surface area contributed by atoms with Gasteiger partial charge in [0, 0.05) is 17.8 Å². The lowest BCUT2D eigenvalue weighted by molar-refractivity contribution is 0.0606. The van der Waals surface area contributed by atoms with Crippen molar-refractivity contribution in [2.45, 2.75) is 0 Å². The first-order chi connectivity index (χ1) is 14.6. The first-order valence-corrected chi connectivity index (χ1v) is 9.73. The lowest BCUT2D eigenvalue weighted by Crippen LogP contribution is -2.29. The quantitative estimate of drug-likeness (QED) is 0.451. The summed E-state index contributed by atoms with van der Waals surface area (Å²) >= 11 is 1.02. The van der Waals surface area contributed by atoms with Crippen LogP contribution in [0.1, 0.15) is 15.2 Å². The number of carbonyl (C=O) groups is 1. The number of hydrogen-bond donors (Lipinski definition) is 0. The number of ether oxygens (including phenoxy) is 2. The normalized spacial score (nSPS) is 11.9. The molecule has 0 N–H and O–H groups in total. The van der Waals surface area contributed by atoms with Gasteiger partial charge in [-0.15, -0.1) is 0 Å². The zero-order chi connectivity index (χ0) is 21.3. The Morgan fingerprint density at radius 2 is 1.80 bits per heavy atom. The predicted molar refractivity (Wildman–Crippen MR) is 118 cm³/mol. The van der Waals surface area contributed by atoms with E-state index in [-0.39, 0.29) is 9.68 Å². The molecule has 152 valence electrons. The van der Waals surface area contributed by atoms with Gasteiger partial charge in [-0.25, -0.2) is 9.79 Å². The fraction of sp³-hybridized carbons (Fsp3) is 0.0909. The van der Waals surface area contributed by atoms with Crippen molar-refractivity contribution < 1.29 is 14.3 Å². The smallest absolute Gasteiger partial charge is 0.348 e. The molecule has 0 amide bonds. The summed E-state index contributed by atoms with van der Waals surface area (Å²) in [6.07, 6.45) is 4.98. The van der Waals surface area contributed by atoms with Crippen LogP contribution in [0.25, 0.3) is 6.08 Å². The predicted octanol–water partition coefficient (Wildman–Crippen LogP) is 3.48. The van der Waals surface area contributed by atoms with Gasteiger partial charge < -0.3 is 9.47 Å². The second-order valence-corrected chi connectivity index (χ2v) is 6.86. The summed E-state index contributed by atoms with van der Waals surface area (Å²) in [6.45, 7) is 0. The fourth-order valence-corrected chi connectivity index (χ4v) is 3.38. The third-order valence-electron chi connectivity index (χ3n) is 3.90. The van der Waals surface area contributed by atoms with Gasteiger partial charge >= 0.3 is 5.97 Å². The van der Waals surface area contributed by atoms with E-state index in [4.69, 9.17) is 9.47 Å². The van der Waals surface area contributed by atoms with Crippen LogP contribution in [0.15, 0.2) is 81.6 Å². The molecule has 0 saturated heterocycles. The molecule has 0 fully saturated rings. The van der Waals surface area contributed by atoms with Crippen molar-refractivity contribution in [2.24, 2.45) is 10.1 Å². The highest BCUT2D eigenvalue weighted by atomic mass is 32.1. The summed E-state index contributed by atoms with van der Waals surface area (Å²) in [7, 11) is 2.86. The monoisotopic (exact) mass is 421 g/mol. The second kappa shape index (κ2) is 10.1. The highest BCUT2D eigenvalue weighted by Crippen LogP contribution is 2.18. The molecule has 0 aliphatic rings. The summed E-state index contributed by atoms with van der Waals surface area (Å²) in [5.41, 5.74) is 1.01. The Bertz CT molecular complexity index is 1210. The molecular weight excluding hydrogens is 402 g/mol. The molecule has 0 atom stereocenters. The first kappa shape index (κ1) is 20.9. The Hall–Kier alpha value is -3.78. The molecule has 0 saturated carbocycles. The topological polar surface area (TPSA) is 82.2 Å². The number of esters is 1. The van der Waals surface area contributed by atoms with Crippen molar-refractivity contribution in [1.29, 1.82) is 0 Å². The van der Waals surface area contributed by atoms with Gasteiger partial charge in [-0.2, -0.15) is 9.78 Å². The van der Waals surface area contributed by atoms with Crippen LogP contribution in [0.4, 0.5) is 5.69 Å². The van der Waals surface area contributed by atoms with Crippen molar-refractivity contribution in [3.63, 3.8) is 0 Å².